The lowest BCUT2D eigenvalue weighted by molar-refractivity contribution is -0.137. The first kappa shape index (κ1) is 23.0. The molecule has 2 N–H and O–H groups in total. The van der Waals surface area contributed by atoms with Crippen LogP contribution >= 0.6 is 11.3 Å². The van der Waals surface area contributed by atoms with Crippen molar-refractivity contribution < 1.29 is 24.2 Å². The van der Waals surface area contributed by atoms with Crippen molar-refractivity contribution in [1.82, 2.24) is 9.88 Å². The van der Waals surface area contributed by atoms with E-state index in [0.717, 1.165) is 40.0 Å². The number of rotatable bonds is 6. The highest BCUT2D eigenvalue weighted by atomic mass is 32.1. The van der Waals surface area contributed by atoms with Crippen molar-refractivity contribution in [3.05, 3.63) is 70.2 Å². The highest BCUT2D eigenvalue weighted by Gasteiger charge is 2.33. The Kier molecular flexibility index (Phi) is 6.25. The van der Waals surface area contributed by atoms with E-state index in [4.69, 9.17) is 9.84 Å². The van der Waals surface area contributed by atoms with Gasteiger partial charge in [0.1, 0.15) is 11.5 Å². The third-order valence-corrected chi connectivity index (χ3v) is 7.65. The van der Waals surface area contributed by atoms with Crippen molar-refractivity contribution in [2.75, 3.05) is 18.5 Å². The number of thiazole rings is 1. The smallest absolute Gasteiger partial charge is 0.413 e. The van der Waals surface area contributed by atoms with Gasteiger partial charge in [-0.25, -0.2) is 9.78 Å². The number of anilines is 1. The number of carbonyl (C=O) groups excluding carboxylic acids is 2. The average molecular weight is 492 g/mol. The van der Waals surface area contributed by atoms with Gasteiger partial charge in [-0.3, -0.25) is 14.9 Å². The zero-order valence-electron chi connectivity index (χ0n) is 19.2. The van der Waals surface area contributed by atoms with Crippen LogP contribution < -0.4 is 5.32 Å². The maximum Gasteiger partial charge on any atom is 0.413 e. The lowest BCUT2D eigenvalue weighted by atomic mass is 9.98. The van der Waals surface area contributed by atoms with Crippen LogP contribution in [0.2, 0.25) is 0 Å². The molecule has 1 atom stereocenters. The number of amides is 2. The maximum atomic E-state index is 13.1. The number of benzene rings is 2. The number of carboxylic acids is 1. The summed E-state index contributed by atoms with van der Waals surface area (Å²) >= 11 is 1.08. The minimum atomic E-state index is -0.923. The Morgan fingerprint density at radius 2 is 1.77 bits per heavy atom. The Hall–Kier alpha value is -3.72. The number of ether oxygens (including phenoxy) is 1. The number of aromatic nitrogens is 1. The molecule has 2 amide bonds. The molecule has 1 aliphatic carbocycles. The van der Waals surface area contributed by atoms with Gasteiger partial charge in [-0.15, -0.1) is 0 Å². The Labute approximate surface area is 206 Å². The number of aliphatic carboxylic acids is 1. The Morgan fingerprint density at radius 3 is 2.43 bits per heavy atom. The second-order valence-electron chi connectivity index (χ2n) is 8.78. The molecule has 0 spiro atoms. The normalized spacial score (nSPS) is 16.6. The molecular formula is C26H25N3O5S. The van der Waals surface area contributed by atoms with E-state index in [1.165, 1.54) is 0 Å². The molecule has 1 aliphatic heterocycles. The summed E-state index contributed by atoms with van der Waals surface area (Å²) in [7, 11) is 0. The van der Waals surface area contributed by atoms with Crippen LogP contribution in [0, 0.1) is 6.92 Å². The lowest BCUT2D eigenvalue weighted by Crippen LogP contribution is -2.36. The Morgan fingerprint density at radius 1 is 1.11 bits per heavy atom. The van der Waals surface area contributed by atoms with Gasteiger partial charge in [0, 0.05) is 18.5 Å². The van der Waals surface area contributed by atoms with E-state index in [9.17, 15) is 14.4 Å². The number of hydrogen-bond donors (Lipinski definition) is 2. The molecule has 1 aromatic heterocycles. The number of carbonyl (C=O) groups is 3. The molecule has 1 saturated heterocycles. The number of hydrogen-bond acceptors (Lipinski definition) is 6. The van der Waals surface area contributed by atoms with E-state index in [1.807, 2.05) is 24.3 Å². The van der Waals surface area contributed by atoms with Crippen LogP contribution in [-0.4, -0.2) is 52.2 Å². The third-order valence-electron chi connectivity index (χ3n) is 6.59. The summed E-state index contributed by atoms with van der Waals surface area (Å²) in [6, 6.07) is 15.9. The quantitative estimate of drug-likeness (QED) is 0.508. The van der Waals surface area contributed by atoms with Crippen LogP contribution in [-0.2, 0) is 9.53 Å². The lowest BCUT2D eigenvalue weighted by Gasteiger charge is -2.22. The van der Waals surface area contributed by atoms with E-state index in [-0.39, 0.29) is 36.0 Å². The van der Waals surface area contributed by atoms with Gasteiger partial charge in [-0.05, 0) is 42.0 Å². The maximum absolute atomic E-state index is 13.1. The van der Waals surface area contributed by atoms with Crippen molar-refractivity contribution in [1.29, 1.82) is 0 Å². The minimum absolute atomic E-state index is 0.0512. The number of aryl methyl sites for hydroxylation is 1. The van der Waals surface area contributed by atoms with E-state index in [2.05, 4.69) is 34.6 Å². The summed E-state index contributed by atoms with van der Waals surface area (Å²) in [6.45, 7) is 2.40. The fourth-order valence-electron chi connectivity index (χ4n) is 5.02. The van der Waals surface area contributed by atoms with Crippen LogP contribution in [0.5, 0.6) is 0 Å². The monoisotopic (exact) mass is 491 g/mol. The molecular weight excluding hydrogens is 466 g/mol. The van der Waals surface area contributed by atoms with Gasteiger partial charge in [0.2, 0.25) is 0 Å². The molecule has 8 nitrogen and oxygen atoms in total. The zero-order chi connectivity index (χ0) is 24.5. The molecule has 1 fully saturated rings. The molecule has 180 valence electrons. The Bertz CT molecular complexity index is 1260. The highest BCUT2D eigenvalue weighted by molar-refractivity contribution is 7.17. The largest absolute Gasteiger partial charge is 0.481 e. The van der Waals surface area contributed by atoms with Gasteiger partial charge in [0.05, 0.1) is 12.1 Å². The molecule has 0 radical (unpaired) electrons. The second kappa shape index (κ2) is 9.50. The average Bonchev–Trinajstić information content (AvgIpc) is 3.53. The first-order valence-electron chi connectivity index (χ1n) is 11.5. The van der Waals surface area contributed by atoms with E-state index in [1.54, 1.807) is 11.8 Å². The predicted octanol–water partition coefficient (Wildman–Crippen LogP) is 4.89. The predicted molar refractivity (Wildman–Crippen MR) is 132 cm³/mol. The fraction of sp³-hybridized carbons (Fsp3) is 0.308. The molecule has 9 heteroatoms. The fourth-order valence-corrected chi connectivity index (χ4v) is 5.93. The molecule has 2 aromatic carbocycles. The van der Waals surface area contributed by atoms with Crippen LogP contribution in [0.25, 0.3) is 11.1 Å². The molecule has 2 aliphatic rings. The molecule has 0 saturated carbocycles. The van der Waals surface area contributed by atoms with Gasteiger partial charge in [0.25, 0.3) is 5.91 Å². The third kappa shape index (κ3) is 4.51. The number of fused-ring (bicyclic) bond motifs is 3. The molecule has 0 unspecified atom stereocenters. The summed E-state index contributed by atoms with van der Waals surface area (Å²) in [5.41, 5.74) is 5.05. The topological polar surface area (TPSA) is 109 Å². The van der Waals surface area contributed by atoms with Gasteiger partial charge < -0.3 is 14.7 Å². The minimum Gasteiger partial charge on any atom is -0.481 e. The summed E-state index contributed by atoms with van der Waals surface area (Å²) in [5, 5.41) is 12.1. The summed E-state index contributed by atoms with van der Waals surface area (Å²) in [4.78, 5) is 43.1. The first-order chi connectivity index (χ1) is 16.9. The summed E-state index contributed by atoms with van der Waals surface area (Å²) in [5.74, 6) is -1.22. The van der Waals surface area contributed by atoms with Gasteiger partial charge in [0.15, 0.2) is 5.13 Å². The van der Waals surface area contributed by atoms with Crippen molar-refractivity contribution in [3.8, 4) is 11.1 Å². The van der Waals surface area contributed by atoms with E-state index in [0.29, 0.717) is 23.5 Å². The first-order valence-corrected chi connectivity index (χ1v) is 12.4. The second-order valence-corrected chi connectivity index (χ2v) is 9.78. The SMILES string of the molecule is Cc1nc(NC(=O)OCC2c3ccccc3-c3ccccc32)sc1C(=O)N1CCC[C@@H]1CC(=O)O. The van der Waals surface area contributed by atoms with Gasteiger partial charge in [-0.2, -0.15) is 0 Å². The standard InChI is InChI=1S/C26H25N3O5S/c1-15-23(24(32)29-12-6-7-16(29)13-22(30)31)35-25(27-15)28-26(33)34-14-21-19-10-4-2-8-17(19)18-9-3-5-11-20(18)21/h2-5,8-11,16,21H,6-7,12-14H2,1H3,(H,30,31)(H,27,28,33)/t16-/m1/s1. The van der Waals surface area contributed by atoms with Crippen molar-refractivity contribution in [2.45, 2.75) is 38.1 Å². The van der Waals surface area contributed by atoms with Crippen LogP contribution in [0.4, 0.5) is 9.93 Å². The van der Waals surface area contributed by atoms with Crippen molar-refractivity contribution in [2.24, 2.45) is 0 Å². The number of likely N-dealkylation sites (tertiary alicyclic amines) is 1. The molecule has 0 bridgehead atoms. The number of carboxylic acid groups (broad SMARTS) is 1. The molecule has 3 aromatic rings. The van der Waals surface area contributed by atoms with Gasteiger partial charge >= 0.3 is 12.1 Å². The molecule has 5 rings (SSSR count). The van der Waals surface area contributed by atoms with E-state index >= 15 is 0 Å². The Balaban J connectivity index is 1.24. The molecule has 35 heavy (non-hydrogen) atoms. The summed E-state index contributed by atoms with van der Waals surface area (Å²) < 4.78 is 5.57. The van der Waals surface area contributed by atoms with Gasteiger partial charge in [-0.1, -0.05) is 59.9 Å². The van der Waals surface area contributed by atoms with E-state index < -0.39 is 12.1 Å². The summed E-state index contributed by atoms with van der Waals surface area (Å²) in [6.07, 6.45) is 0.728. The van der Waals surface area contributed by atoms with Crippen molar-refractivity contribution in [3.63, 3.8) is 0 Å². The van der Waals surface area contributed by atoms with Crippen LogP contribution in [0.3, 0.4) is 0 Å². The zero-order valence-corrected chi connectivity index (χ0v) is 20.0. The van der Waals surface area contributed by atoms with Crippen LogP contribution in [0.1, 0.15) is 51.7 Å². The van der Waals surface area contributed by atoms with Crippen molar-refractivity contribution >= 4 is 34.4 Å². The number of nitrogens with one attached hydrogen (secondary N) is 1. The highest BCUT2D eigenvalue weighted by Crippen LogP contribution is 2.44. The molecule has 2 heterocycles. The van der Waals surface area contributed by atoms with Crippen LogP contribution in [0.15, 0.2) is 48.5 Å². The number of nitrogens with zero attached hydrogens (tertiary/aromatic N) is 2.